The van der Waals surface area contributed by atoms with Crippen LogP contribution < -0.4 is 11.1 Å². The number of piperidine rings is 1. The van der Waals surface area contributed by atoms with Crippen LogP contribution in [0.1, 0.15) is 42.5 Å². The van der Waals surface area contributed by atoms with Crippen molar-refractivity contribution in [1.82, 2.24) is 15.2 Å². The third-order valence-corrected chi connectivity index (χ3v) is 6.09. The zero-order chi connectivity index (χ0) is 27.3. The summed E-state index contributed by atoms with van der Waals surface area (Å²) in [6, 6.07) is 6.49. The Bertz CT molecular complexity index is 1250. The summed E-state index contributed by atoms with van der Waals surface area (Å²) in [5.41, 5.74) is 4.48. The molecule has 1 saturated heterocycles. The Morgan fingerprint density at radius 3 is 2.34 bits per heavy atom. The number of alkyl halides is 6. The van der Waals surface area contributed by atoms with Crippen molar-refractivity contribution in [3.05, 3.63) is 77.4 Å². The van der Waals surface area contributed by atoms with Crippen LogP contribution in [0.25, 0.3) is 5.57 Å². The van der Waals surface area contributed by atoms with Crippen LogP contribution in [0.15, 0.2) is 70.6 Å². The molecule has 6 nitrogen and oxygen atoms in total. The van der Waals surface area contributed by atoms with Gasteiger partial charge in [0, 0.05) is 30.1 Å². The predicted octanol–water partition coefficient (Wildman–Crippen LogP) is 5.91. The number of aliphatic imine (C=N–C) groups is 2. The highest BCUT2D eigenvalue weighted by Crippen LogP contribution is 2.34. The maximum atomic E-state index is 13.6. The number of nitrogens with two attached hydrogens (primary N) is 1. The number of nitrogens with zero attached hydrogens (tertiary/aromatic N) is 4. The normalized spacial score (nSPS) is 19.9. The Morgan fingerprint density at radius 2 is 1.71 bits per heavy atom. The fourth-order valence-electron chi connectivity index (χ4n) is 4.30. The van der Waals surface area contributed by atoms with E-state index in [1.165, 1.54) is 30.5 Å². The van der Waals surface area contributed by atoms with Crippen LogP contribution in [-0.2, 0) is 12.4 Å². The van der Waals surface area contributed by atoms with Gasteiger partial charge in [0.2, 0.25) is 0 Å². The lowest BCUT2D eigenvalue weighted by Crippen LogP contribution is -2.42. The number of hydrogen-bond donors (Lipinski definition) is 2. The van der Waals surface area contributed by atoms with Crippen LogP contribution in [0.2, 0.25) is 0 Å². The largest absolute Gasteiger partial charge is 0.418 e. The molecule has 3 heterocycles. The van der Waals surface area contributed by atoms with Gasteiger partial charge in [-0.25, -0.2) is 9.98 Å². The molecular formula is C26H26F6N6. The first-order chi connectivity index (χ1) is 18.0. The highest BCUT2D eigenvalue weighted by molar-refractivity contribution is 6.03. The van der Waals surface area contributed by atoms with Crippen molar-refractivity contribution in [3.8, 4) is 0 Å². The van der Waals surface area contributed by atoms with Crippen molar-refractivity contribution in [2.45, 2.75) is 38.0 Å². The second kappa shape index (κ2) is 11.4. The zero-order valence-corrected chi connectivity index (χ0v) is 20.3. The molecule has 38 heavy (non-hydrogen) atoms. The van der Waals surface area contributed by atoms with E-state index in [-0.39, 0.29) is 23.4 Å². The predicted molar refractivity (Wildman–Crippen MR) is 134 cm³/mol. The fraction of sp³-hybridized carbons (Fsp3) is 0.346. The van der Waals surface area contributed by atoms with Crippen LogP contribution in [0.3, 0.4) is 0 Å². The number of pyridine rings is 1. The highest BCUT2D eigenvalue weighted by atomic mass is 19.4. The monoisotopic (exact) mass is 536 g/mol. The Morgan fingerprint density at radius 1 is 1.00 bits per heavy atom. The number of allylic oxidation sites excluding steroid dienone is 2. The highest BCUT2D eigenvalue weighted by Gasteiger charge is 2.34. The molecule has 0 saturated carbocycles. The van der Waals surface area contributed by atoms with Crippen molar-refractivity contribution < 1.29 is 26.3 Å². The Hall–Kier alpha value is -3.67. The third-order valence-electron chi connectivity index (χ3n) is 6.09. The van der Waals surface area contributed by atoms with Gasteiger partial charge in [-0.1, -0.05) is 6.42 Å². The molecule has 202 valence electrons. The molecule has 0 radical (unpaired) electrons. The van der Waals surface area contributed by atoms with Gasteiger partial charge in [0.05, 0.1) is 29.1 Å². The zero-order valence-electron chi connectivity index (χ0n) is 20.3. The van der Waals surface area contributed by atoms with Crippen LogP contribution >= 0.6 is 0 Å². The Kier molecular flexibility index (Phi) is 8.20. The summed E-state index contributed by atoms with van der Waals surface area (Å²) in [4.78, 5) is 15.1. The number of likely N-dealkylation sites (tertiary alicyclic amines) is 1. The summed E-state index contributed by atoms with van der Waals surface area (Å²) in [7, 11) is 0. The van der Waals surface area contributed by atoms with E-state index in [4.69, 9.17) is 5.73 Å². The number of halogens is 6. The molecule has 2 aliphatic heterocycles. The molecule has 0 spiro atoms. The van der Waals surface area contributed by atoms with Crippen LogP contribution in [0.5, 0.6) is 0 Å². The summed E-state index contributed by atoms with van der Waals surface area (Å²) in [6.07, 6.45) is -2.02. The summed E-state index contributed by atoms with van der Waals surface area (Å²) < 4.78 is 79.6. The molecule has 2 aromatic rings. The Balaban J connectivity index is 1.67. The van der Waals surface area contributed by atoms with Gasteiger partial charge in [-0.3, -0.25) is 9.88 Å². The quantitative estimate of drug-likeness (QED) is 0.466. The topological polar surface area (TPSA) is 78.9 Å². The van der Waals surface area contributed by atoms with Gasteiger partial charge in [0.1, 0.15) is 11.7 Å². The Labute approximate surface area is 215 Å². The first kappa shape index (κ1) is 27.4. The first-order valence-electron chi connectivity index (χ1n) is 12.0. The van der Waals surface area contributed by atoms with Gasteiger partial charge in [0.15, 0.2) is 0 Å². The average Bonchev–Trinajstić information content (AvgIpc) is 2.87. The number of nitrogens with one attached hydrogen (secondary N) is 1. The van der Waals surface area contributed by atoms with Crippen molar-refractivity contribution in [3.63, 3.8) is 0 Å². The third kappa shape index (κ3) is 7.00. The molecule has 3 N–H and O–H groups in total. The molecular weight excluding hydrogens is 510 g/mol. The van der Waals surface area contributed by atoms with E-state index in [1.54, 1.807) is 0 Å². The lowest BCUT2D eigenvalue weighted by Gasteiger charge is -2.29. The first-order valence-corrected chi connectivity index (χ1v) is 12.0. The molecule has 2 aliphatic rings. The van der Waals surface area contributed by atoms with Crippen molar-refractivity contribution in [2.24, 2.45) is 15.7 Å². The smallest absolute Gasteiger partial charge is 0.404 e. The van der Waals surface area contributed by atoms with Crippen molar-refractivity contribution in [2.75, 3.05) is 19.6 Å². The molecule has 0 amide bonds. The number of benzene rings is 1. The van der Waals surface area contributed by atoms with Crippen LogP contribution in [0, 0.1) is 0 Å². The summed E-state index contributed by atoms with van der Waals surface area (Å²) in [6.45, 7) is 2.21. The summed E-state index contributed by atoms with van der Waals surface area (Å²) in [5, 5.41) is 3.17. The second-order valence-corrected chi connectivity index (χ2v) is 8.96. The number of amidine groups is 2. The molecule has 12 heteroatoms. The van der Waals surface area contributed by atoms with E-state index in [0.717, 1.165) is 56.8 Å². The molecule has 1 aromatic heterocycles. The van der Waals surface area contributed by atoms with E-state index in [1.807, 2.05) is 0 Å². The van der Waals surface area contributed by atoms with E-state index in [2.05, 4.69) is 25.2 Å². The maximum Gasteiger partial charge on any atom is 0.418 e. The van der Waals surface area contributed by atoms with Gasteiger partial charge in [0.25, 0.3) is 0 Å². The van der Waals surface area contributed by atoms with E-state index < -0.39 is 23.5 Å². The van der Waals surface area contributed by atoms with Gasteiger partial charge in [-0.2, -0.15) is 26.3 Å². The lowest BCUT2D eigenvalue weighted by molar-refractivity contribution is -0.138. The fourth-order valence-corrected chi connectivity index (χ4v) is 4.30. The van der Waals surface area contributed by atoms with Crippen LogP contribution in [-0.4, -0.2) is 41.2 Å². The van der Waals surface area contributed by atoms with Gasteiger partial charge < -0.3 is 11.1 Å². The molecule has 0 aliphatic carbocycles. The van der Waals surface area contributed by atoms with Gasteiger partial charge in [-0.15, -0.1) is 0 Å². The minimum atomic E-state index is -4.63. The maximum absolute atomic E-state index is 13.6. The molecule has 1 aromatic carbocycles. The van der Waals surface area contributed by atoms with Gasteiger partial charge >= 0.3 is 12.4 Å². The van der Waals surface area contributed by atoms with E-state index >= 15 is 0 Å². The second-order valence-electron chi connectivity index (χ2n) is 8.96. The van der Waals surface area contributed by atoms with E-state index in [9.17, 15) is 26.3 Å². The standard InChI is InChI=1S/C26H26F6N6/c27-25(28,29)18-6-8-19(9-7-18)35-22-14-20(36-23(37-22)16-38-11-2-1-3-12-38)13-17(15-33)24-21(26(30,31)32)5-4-10-34-24/h4-10,13,15H,1-3,11-12,14,16,33H2,(H,35,36,37)/b17-15+,20-13+. The molecule has 0 unspecified atom stereocenters. The summed E-state index contributed by atoms with van der Waals surface area (Å²) >= 11 is 0. The molecule has 0 bridgehead atoms. The van der Waals surface area contributed by atoms with Gasteiger partial charge in [-0.05, 0) is 68.4 Å². The van der Waals surface area contributed by atoms with E-state index in [0.29, 0.717) is 23.9 Å². The molecule has 4 rings (SSSR count). The number of hydrogen-bond acceptors (Lipinski definition) is 5. The minimum Gasteiger partial charge on any atom is -0.404 e. The summed E-state index contributed by atoms with van der Waals surface area (Å²) in [5.74, 6) is 0.832. The number of aromatic nitrogens is 1. The lowest BCUT2D eigenvalue weighted by atomic mass is 10.0. The van der Waals surface area contributed by atoms with Crippen molar-refractivity contribution >= 4 is 22.9 Å². The average molecular weight is 537 g/mol. The minimum absolute atomic E-state index is 0.0496. The molecule has 1 fully saturated rings. The van der Waals surface area contributed by atoms with Crippen LogP contribution in [0.4, 0.5) is 32.0 Å². The molecule has 0 atom stereocenters. The van der Waals surface area contributed by atoms with Crippen molar-refractivity contribution in [1.29, 1.82) is 0 Å². The SMILES string of the molecule is N/C=C(\C=C1/CC(=Nc2ccc(C(F)(F)F)cc2)N=C(CN2CCCCC2)N1)c1ncccc1C(F)(F)F. The number of rotatable bonds is 5.